The second-order valence-corrected chi connectivity index (χ2v) is 5.42. The van der Waals surface area contributed by atoms with Crippen molar-refractivity contribution >= 4 is 17.6 Å². The highest BCUT2D eigenvalue weighted by Crippen LogP contribution is 2.50. The highest BCUT2D eigenvalue weighted by Gasteiger charge is 2.48. The molecule has 1 aliphatic carbocycles. The predicted octanol–water partition coefficient (Wildman–Crippen LogP) is 3.43. The second kappa shape index (κ2) is 5.52. The van der Waals surface area contributed by atoms with Crippen LogP contribution in [0, 0.1) is 0 Å². The van der Waals surface area contributed by atoms with E-state index in [2.05, 4.69) is 0 Å². The van der Waals surface area contributed by atoms with Crippen LogP contribution < -0.4 is 9.47 Å². The van der Waals surface area contributed by atoms with Crippen LogP contribution in [0.5, 0.6) is 11.5 Å². The van der Waals surface area contributed by atoms with Crippen LogP contribution in [-0.4, -0.2) is 25.3 Å². The summed E-state index contributed by atoms with van der Waals surface area (Å²) >= 11 is 6.39. The van der Waals surface area contributed by atoms with Crippen LogP contribution in [0.25, 0.3) is 0 Å². The van der Waals surface area contributed by atoms with Gasteiger partial charge in [-0.25, -0.2) is 0 Å². The van der Waals surface area contributed by atoms with Gasteiger partial charge in [0.2, 0.25) is 0 Å². The maximum Gasteiger partial charge on any atom is 0.314 e. The van der Waals surface area contributed by atoms with E-state index in [-0.39, 0.29) is 0 Å². The first-order valence-electron chi connectivity index (χ1n) is 6.69. The molecule has 5 heteroatoms. The molecular weight excluding hydrogens is 280 g/mol. The highest BCUT2D eigenvalue weighted by molar-refractivity contribution is 6.33. The first-order valence-corrected chi connectivity index (χ1v) is 7.06. The van der Waals surface area contributed by atoms with E-state index in [0.717, 1.165) is 17.5 Å². The van der Waals surface area contributed by atoms with Gasteiger partial charge in [-0.2, -0.15) is 0 Å². The molecule has 0 spiro atoms. The van der Waals surface area contributed by atoms with E-state index in [1.165, 1.54) is 14.2 Å². The summed E-state index contributed by atoms with van der Waals surface area (Å²) < 4.78 is 10.6. The molecule has 0 radical (unpaired) electrons. The molecule has 20 heavy (non-hydrogen) atoms. The number of methoxy groups -OCH3 is 2. The molecule has 0 unspecified atom stereocenters. The zero-order valence-electron chi connectivity index (χ0n) is 12.0. The lowest BCUT2D eigenvalue weighted by atomic mass is 9.63. The van der Waals surface area contributed by atoms with E-state index in [9.17, 15) is 9.90 Å². The van der Waals surface area contributed by atoms with Crippen molar-refractivity contribution in [3.8, 4) is 11.5 Å². The van der Waals surface area contributed by atoms with Crippen molar-refractivity contribution in [2.45, 2.75) is 38.0 Å². The molecule has 0 amide bonds. The SMILES string of the molecule is CCc1c(C2(C(=O)O)CCC2)cc(OC)c(OC)c1Cl. The average Bonchev–Trinajstić information content (AvgIpc) is 2.36. The van der Waals surface area contributed by atoms with Crippen molar-refractivity contribution in [2.24, 2.45) is 0 Å². The number of aliphatic carboxylic acids is 1. The molecule has 1 aromatic rings. The highest BCUT2D eigenvalue weighted by atomic mass is 35.5. The lowest BCUT2D eigenvalue weighted by Gasteiger charge is -2.40. The first kappa shape index (κ1) is 15.0. The largest absolute Gasteiger partial charge is 0.493 e. The van der Waals surface area contributed by atoms with Gasteiger partial charge in [0.05, 0.1) is 24.7 Å². The van der Waals surface area contributed by atoms with Gasteiger partial charge in [0, 0.05) is 0 Å². The zero-order valence-corrected chi connectivity index (χ0v) is 12.7. The van der Waals surface area contributed by atoms with E-state index in [0.29, 0.717) is 35.8 Å². The molecule has 1 fully saturated rings. The minimum Gasteiger partial charge on any atom is -0.493 e. The minimum absolute atomic E-state index is 0.455. The molecule has 4 nitrogen and oxygen atoms in total. The number of ether oxygens (including phenoxy) is 2. The van der Waals surface area contributed by atoms with Crippen molar-refractivity contribution in [1.29, 1.82) is 0 Å². The smallest absolute Gasteiger partial charge is 0.314 e. The molecule has 0 atom stereocenters. The number of halogens is 1. The molecule has 1 saturated carbocycles. The molecule has 1 aliphatic rings. The molecule has 110 valence electrons. The number of hydrogen-bond donors (Lipinski definition) is 1. The monoisotopic (exact) mass is 298 g/mol. The third-order valence-corrected chi connectivity index (χ3v) is 4.60. The number of carbonyl (C=O) groups is 1. The van der Waals surface area contributed by atoms with Crippen LogP contribution >= 0.6 is 11.6 Å². The van der Waals surface area contributed by atoms with Gasteiger partial charge in [-0.1, -0.05) is 24.9 Å². The summed E-state index contributed by atoms with van der Waals surface area (Å²) in [7, 11) is 3.05. The summed E-state index contributed by atoms with van der Waals surface area (Å²) in [4.78, 5) is 11.7. The van der Waals surface area contributed by atoms with Crippen LogP contribution in [0.3, 0.4) is 0 Å². The Morgan fingerprint density at radius 2 is 2.05 bits per heavy atom. The van der Waals surface area contributed by atoms with E-state index < -0.39 is 11.4 Å². The second-order valence-electron chi connectivity index (χ2n) is 5.05. The third-order valence-electron chi connectivity index (χ3n) is 4.20. The lowest BCUT2D eigenvalue weighted by Crippen LogP contribution is -2.43. The number of carboxylic acid groups (broad SMARTS) is 1. The Kier molecular flexibility index (Phi) is 4.14. The average molecular weight is 299 g/mol. The van der Waals surface area contributed by atoms with Gasteiger partial charge in [-0.15, -0.1) is 0 Å². The Morgan fingerprint density at radius 1 is 1.40 bits per heavy atom. The standard InChI is InChI=1S/C15H19ClO4/c1-4-9-10(15(14(17)18)6-5-7-15)8-11(19-2)13(20-3)12(9)16/h8H,4-7H2,1-3H3,(H,17,18). The van der Waals surface area contributed by atoms with Crippen molar-refractivity contribution < 1.29 is 19.4 Å². The van der Waals surface area contributed by atoms with Gasteiger partial charge in [0.25, 0.3) is 0 Å². The molecule has 1 aromatic carbocycles. The Bertz CT molecular complexity index is 535. The van der Waals surface area contributed by atoms with Gasteiger partial charge in [-0.05, 0) is 36.5 Å². The van der Waals surface area contributed by atoms with E-state index in [4.69, 9.17) is 21.1 Å². The van der Waals surface area contributed by atoms with Crippen molar-refractivity contribution in [2.75, 3.05) is 14.2 Å². The van der Waals surface area contributed by atoms with Gasteiger partial charge in [-0.3, -0.25) is 4.79 Å². The number of carboxylic acids is 1. The van der Waals surface area contributed by atoms with Crippen LogP contribution in [0.4, 0.5) is 0 Å². The Balaban J connectivity index is 2.69. The molecule has 0 saturated heterocycles. The molecule has 0 aromatic heterocycles. The first-order chi connectivity index (χ1) is 9.51. The Morgan fingerprint density at radius 3 is 2.40 bits per heavy atom. The molecule has 0 aliphatic heterocycles. The van der Waals surface area contributed by atoms with E-state index in [1.54, 1.807) is 6.07 Å². The van der Waals surface area contributed by atoms with E-state index in [1.807, 2.05) is 6.92 Å². The van der Waals surface area contributed by atoms with Gasteiger partial charge >= 0.3 is 5.97 Å². The minimum atomic E-state index is -0.825. The topological polar surface area (TPSA) is 55.8 Å². The molecular formula is C15H19ClO4. The summed E-state index contributed by atoms with van der Waals surface area (Å²) in [6.45, 7) is 1.96. The normalized spacial score (nSPS) is 16.4. The van der Waals surface area contributed by atoms with Crippen molar-refractivity contribution in [3.63, 3.8) is 0 Å². The predicted molar refractivity (Wildman–Crippen MR) is 77.1 cm³/mol. The maximum atomic E-state index is 11.7. The lowest BCUT2D eigenvalue weighted by molar-refractivity contribution is -0.147. The third kappa shape index (κ3) is 2.03. The number of hydrogen-bond acceptors (Lipinski definition) is 3. The molecule has 1 N–H and O–H groups in total. The summed E-state index contributed by atoms with van der Waals surface area (Å²) in [5.41, 5.74) is 0.780. The maximum absolute atomic E-state index is 11.7. The molecule has 2 rings (SSSR count). The Hall–Kier alpha value is -1.42. The number of rotatable bonds is 5. The fourth-order valence-corrected chi connectivity index (χ4v) is 3.30. The summed E-state index contributed by atoms with van der Waals surface area (Å²) in [6.07, 6.45) is 2.85. The van der Waals surface area contributed by atoms with Crippen LogP contribution in [0.15, 0.2) is 6.07 Å². The summed E-state index contributed by atoms with van der Waals surface area (Å²) in [5.74, 6) is 0.161. The van der Waals surface area contributed by atoms with Gasteiger partial charge < -0.3 is 14.6 Å². The van der Waals surface area contributed by atoms with Gasteiger partial charge in [0.1, 0.15) is 0 Å². The van der Waals surface area contributed by atoms with Gasteiger partial charge in [0.15, 0.2) is 11.5 Å². The molecule has 0 heterocycles. The van der Waals surface area contributed by atoms with Crippen molar-refractivity contribution in [1.82, 2.24) is 0 Å². The fourth-order valence-electron chi connectivity index (χ4n) is 2.89. The van der Waals surface area contributed by atoms with Crippen LogP contribution in [0.2, 0.25) is 5.02 Å². The summed E-state index contributed by atoms with van der Waals surface area (Å²) in [6, 6.07) is 1.77. The van der Waals surface area contributed by atoms with Crippen molar-refractivity contribution in [3.05, 3.63) is 22.2 Å². The Labute approximate surface area is 123 Å². The van der Waals surface area contributed by atoms with E-state index >= 15 is 0 Å². The summed E-state index contributed by atoms with van der Waals surface area (Å²) in [5, 5.41) is 10.1. The quantitative estimate of drug-likeness (QED) is 0.905. The number of benzene rings is 1. The zero-order chi connectivity index (χ0) is 14.9. The van der Waals surface area contributed by atoms with Crippen LogP contribution in [0.1, 0.15) is 37.3 Å². The van der Waals surface area contributed by atoms with Crippen LogP contribution in [-0.2, 0) is 16.6 Å². The fraction of sp³-hybridized carbons (Fsp3) is 0.533. The molecule has 0 bridgehead atoms.